The molecule has 2 aromatic heterocycles. The molecule has 0 saturated heterocycles. The number of carbonyl (C=O) groups is 2. The van der Waals surface area contributed by atoms with E-state index in [2.05, 4.69) is 15.6 Å². The third kappa shape index (κ3) is 4.93. The lowest BCUT2D eigenvalue weighted by molar-refractivity contribution is -0.135. The number of methoxy groups -OCH3 is 1. The van der Waals surface area contributed by atoms with E-state index in [1.54, 1.807) is 37.6 Å². The summed E-state index contributed by atoms with van der Waals surface area (Å²) < 4.78 is 27.7. The minimum atomic E-state index is -0.838. The van der Waals surface area contributed by atoms with E-state index in [0.717, 1.165) is 23.2 Å². The maximum Gasteiger partial charge on any atom is 0.254 e. The highest BCUT2D eigenvalue weighted by Gasteiger charge is 2.44. The number of hydrogen-bond acceptors (Lipinski definition) is 7. The van der Waals surface area contributed by atoms with E-state index >= 15 is 0 Å². The number of ether oxygens (including phenoxy) is 2. The molecule has 0 unspecified atom stereocenters. The summed E-state index contributed by atoms with van der Waals surface area (Å²) in [6, 6.07) is 10.3. The number of pyridine rings is 1. The fourth-order valence-corrected chi connectivity index (χ4v) is 5.12. The SMILES string of the molecule is CCc1cc2c(C3=NN(CCCCOc4ccc(C5=NNC(=O)C5(C)C)cc4F)C(=O)C3(C)C)ccc(OC)n2n1. The first-order valence-corrected chi connectivity index (χ1v) is 13.8. The third-order valence-electron chi connectivity index (χ3n) is 7.70. The van der Waals surface area contributed by atoms with Gasteiger partial charge in [0.1, 0.15) is 0 Å². The molecule has 1 aromatic carbocycles. The van der Waals surface area contributed by atoms with Crippen LogP contribution in [0.3, 0.4) is 0 Å². The number of fused-ring (bicyclic) bond motifs is 1. The van der Waals surface area contributed by atoms with Crippen molar-refractivity contribution in [1.29, 1.82) is 0 Å². The van der Waals surface area contributed by atoms with Crippen LogP contribution < -0.4 is 14.9 Å². The number of carbonyl (C=O) groups excluding carboxylic acids is 2. The number of hydrogen-bond donors (Lipinski definition) is 1. The molecule has 3 aromatic rings. The van der Waals surface area contributed by atoms with Gasteiger partial charge in [-0.05, 0) is 77.3 Å². The average molecular weight is 563 g/mol. The molecule has 11 heteroatoms. The van der Waals surface area contributed by atoms with Crippen LogP contribution in [0.2, 0.25) is 0 Å². The Morgan fingerprint density at radius 2 is 1.78 bits per heavy atom. The molecule has 2 aliphatic rings. The molecule has 2 amide bonds. The van der Waals surface area contributed by atoms with Gasteiger partial charge in [0.25, 0.3) is 11.8 Å². The number of unbranched alkanes of at least 4 members (excludes halogenated alkanes) is 1. The van der Waals surface area contributed by atoms with Gasteiger partial charge in [-0.1, -0.05) is 6.92 Å². The van der Waals surface area contributed by atoms with Crippen LogP contribution in [0.4, 0.5) is 4.39 Å². The number of nitrogens with zero attached hydrogens (tertiary/aromatic N) is 5. The van der Waals surface area contributed by atoms with Crippen LogP contribution in [0.5, 0.6) is 11.6 Å². The van der Waals surface area contributed by atoms with Gasteiger partial charge in [-0.2, -0.15) is 15.3 Å². The number of amides is 2. The lowest BCUT2D eigenvalue weighted by Gasteiger charge is -2.20. The van der Waals surface area contributed by atoms with Crippen molar-refractivity contribution in [2.24, 2.45) is 21.0 Å². The zero-order valence-electron chi connectivity index (χ0n) is 24.2. The number of nitrogens with one attached hydrogen (secondary N) is 1. The van der Waals surface area contributed by atoms with E-state index in [9.17, 15) is 14.0 Å². The Balaban J connectivity index is 1.22. The standard InChI is InChI=1S/C30H35FN6O4/c1-7-19-17-22-20(11-13-24(40-6)37(22)34-19)26-30(4,5)28(39)36(35-26)14-8-9-15-41-23-12-10-18(16-21(23)31)25-29(2,3)27(38)33-32-25/h10-13,16-17H,7-9,14-15H2,1-6H3,(H,33,38). The van der Waals surface area contributed by atoms with E-state index in [1.807, 2.05) is 39.0 Å². The van der Waals surface area contributed by atoms with Crippen LogP contribution in [0.1, 0.15) is 64.3 Å². The van der Waals surface area contributed by atoms with Gasteiger partial charge in [0, 0.05) is 23.7 Å². The summed E-state index contributed by atoms with van der Waals surface area (Å²) in [5.41, 5.74) is 5.10. The molecular formula is C30H35FN6O4. The normalized spacial score (nSPS) is 17.6. The van der Waals surface area contributed by atoms with Crippen LogP contribution in [-0.4, -0.2) is 58.1 Å². The summed E-state index contributed by atoms with van der Waals surface area (Å²) >= 11 is 0. The number of halogens is 1. The first kappa shape index (κ1) is 28.3. The Hall–Kier alpha value is -4.28. The Labute approximate surface area is 238 Å². The molecule has 0 atom stereocenters. The van der Waals surface area contributed by atoms with Gasteiger partial charge in [-0.15, -0.1) is 0 Å². The molecular weight excluding hydrogens is 527 g/mol. The van der Waals surface area contributed by atoms with Crippen molar-refractivity contribution < 1.29 is 23.5 Å². The van der Waals surface area contributed by atoms with Gasteiger partial charge in [0.05, 0.1) is 47.2 Å². The topological polar surface area (TPSA) is 110 Å². The highest BCUT2D eigenvalue weighted by molar-refractivity contribution is 6.21. The summed E-state index contributed by atoms with van der Waals surface area (Å²) in [7, 11) is 1.60. The molecule has 0 aliphatic carbocycles. The maximum atomic E-state index is 14.8. The van der Waals surface area contributed by atoms with Gasteiger partial charge in [0.2, 0.25) is 5.88 Å². The smallest absolute Gasteiger partial charge is 0.254 e. The summed E-state index contributed by atoms with van der Waals surface area (Å²) in [5.74, 6) is -0.0986. The number of aromatic nitrogens is 2. The molecule has 0 saturated carbocycles. The number of rotatable bonds is 10. The summed E-state index contributed by atoms with van der Waals surface area (Å²) in [4.78, 5) is 25.3. The third-order valence-corrected chi connectivity index (χ3v) is 7.70. The van der Waals surface area contributed by atoms with Crippen LogP contribution in [0.25, 0.3) is 5.52 Å². The maximum absolute atomic E-state index is 14.8. The second-order valence-electron chi connectivity index (χ2n) is 11.3. The van der Waals surface area contributed by atoms with Crippen molar-refractivity contribution in [2.45, 2.75) is 53.9 Å². The van der Waals surface area contributed by atoms with Gasteiger partial charge < -0.3 is 9.47 Å². The molecule has 2 aliphatic heterocycles. The first-order chi connectivity index (χ1) is 19.5. The van der Waals surface area contributed by atoms with Crippen molar-refractivity contribution in [3.63, 3.8) is 0 Å². The van der Waals surface area contributed by atoms with E-state index in [1.165, 1.54) is 11.1 Å². The molecule has 0 radical (unpaired) electrons. The van der Waals surface area contributed by atoms with E-state index in [-0.39, 0.29) is 24.2 Å². The lowest BCUT2D eigenvalue weighted by Crippen LogP contribution is -2.35. The van der Waals surface area contributed by atoms with Crippen molar-refractivity contribution >= 4 is 28.8 Å². The van der Waals surface area contributed by atoms with Crippen LogP contribution in [0, 0.1) is 16.6 Å². The van der Waals surface area contributed by atoms with Crippen LogP contribution >= 0.6 is 0 Å². The summed E-state index contributed by atoms with van der Waals surface area (Å²) in [5, 5.41) is 15.0. The van der Waals surface area contributed by atoms with Gasteiger partial charge >= 0.3 is 0 Å². The van der Waals surface area contributed by atoms with E-state index in [4.69, 9.17) is 14.6 Å². The molecule has 0 bridgehead atoms. The fraction of sp³-hybridized carbons (Fsp3) is 0.433. The molecule has 0 fully saturated rings. The number of benzene rings is 1. The van der Waals surface area contributed by atoms with Crippen molar-refractivity contribution in [3.05, 3.63) is 59.0 Å². The second kappa shape index (κ2) is 10.6. The average Bonchev–Trinajstić information content (AvgIpc) is 3.56. The quantitative estimate of drug-likeness (QED) is 0.370. The van der Waals surface area contributed by atoms with Gasteiger partial charge in [-0.3, -0.25) is 9.59 Å². The zero-order valence-corrected chi connectivity index (χ0v) is 24.2. The van der Waals surface area contributed by atoms with Crippen molar-refractivity contribution in [3.8, 4) is 11.6 Å². The molecule has 4 heterocycles. The molecule has 0 spiro atoms. The first-order valence-electron chi connectivity index (χ1n) is 13.8. The molecule has 216 valence electrons. The second-order valence-corrected chi connectivity index (χ2v) is 11.3. The van der Waals surface area contributed by atoms with Gasteiger partial charge in [-0.25, -0.2) is 19.3 Å². The predicted molar refractivity (Wildman–Crippen MR) is 153 cm³/mol. The molecule has 1 N–H and O–H groups in total. The fourth-order valence-electron chi connectivity index (χ4n) is 5.12. The predicted octanol–water partition coefficient (Wildman–Crippen LogP) is 4.34. The molecule has 10 nitrogen and oxygen atoms in total. The Morgan fingerprint density at radius 1 is 1.00 bits per heavy atom. The number of hydrazone groups is 2. The highest BCUT2D eigenvalue weighted by atomic mass is 19.1. The van der Waals surface area contributed by atoms with Crippen LogP contribution in [-0.2, 0) is 16.0 Å². The number of aryl methyl sites for hydroxylation is 1. The summed E-state index contributed by atoms with van der Waals surface area (Å²) in [6.07, 6.45) is 2.00. The zero-order chi connectivity index (χ0) is 29.5. The molecule has 5 rings (SSSR count). The minimum Gasteiger partial charge on any atom is -0.491 e. The monoisotopic (exact) mass is 562 g/mol. The van der Waals surface area contributed by atoms with E-state index < -0.39 is 16.6 Å². The Kier molecular flexibility index (Phi) is 7.31. The highest BCUT2D eigenvalue weighted by Crippen LogP contribution is 2.35. The van der Waals surface area contributed by atoms with Crippen molar-refractivity contribution in [1.82, 2.24) is 20.0 Å². The summed E-state index contributed by atoms with van der Waals surface area (Å²) in [6.45, 7) is 9.98. The van der Waals surface area contributed by atoms with Crippen molar-refractivity contribution in [2.75, 3.05) is 20.3 Å². The van der Waals surface area contributed by atoms with Crippen LogP contribution in [0.15, 0.2) is 46.6 Å². The Bertz CT molecular complexity index is 1590. The largest absolute Gasteiger partial charge is 0.491 e. The minimum absolute atomic E-state index is 0.0787. The van der Waals surface area contributed by atoms with Gasteiger partial charge in [0.15, 0.2) is 11.6 Å². The lowest BCUT2D eigenvalue weighted by atomic mass is 9.83. The Morgan fingerprint density at radius 3 is 2.44 bits per heavy atom. The van der Waals surface area contributed by atoms with E-state index in [0.29, 0.717) is 42.3 Å². The molecule has 41 heavy (non-hydrogen) atoms.